The summed E-state index contributed by atoms with van der Waals surface area (Å²) < 4.78 is 5.25. The van der Waals surface area contributed by atoms with Gasteiger partial charge in [-0.2, -0.15) is 0 Å². The summed E-state index contributed by atoms with van der Waals surface area (Å²) in [5.41, 5.74) is -1.44. The second kappa shape index (κ2) is 5.34. The third-order valence-corrected chi connectivity index (χ3v) is 3.59. The van der Waals surface area contributed by atoms with Gasteiger partial charge >= 0.3 is 12.1 Å². The number of carboxylic acid groups (broad SMARTS) is 1. The minimum absolute atomic E-state index is 0.0739. The molecule has 1 saturated heterocycles. The van der Waals surface area contributed by atoms with E-state index in [9.17, 15) is 14.7 Å². The number of ether oxygens (including phenoxy) is 1. The van der Waals surface area contributed by atoms with Gasteiger partial charge in [0.2, 0.25) is 0 Å². The van der Waals surface area contributed by atoms with Crippen LogP contribution in [0.5, 0.6) is 0 Å². The van der Waals surface area contributed by atoms with Crippen LogP contribution in [0.3, 0.4) is 0 Å². The second-order valence-electron chi connectivity index (χ2n) is 5.69. The molecule has 1 fully saturated rings. The molecule has 1 aliphatic rings. The largest absolute Gasteiger partial charge is 0.481 e. The van der Waals surface area contributed by atoms with Gasteiger partial charge in [-0.3, -0.25) is 4.79 Å². The van der Waals surface area contributed by atoms with E-state index >= 15 is 0 Å². The summed E-state index contributed by atoms with van der Waals surface area (Å²) in [6.45, 7) is 6.14. The van der Waals surface area contributed by atoms with E-state index in [-0.39, 0.29) is 5.88 Å². The number of hydrogen-bond acceptors (Lipinski definition) is 3. The predicted octanol–water partition coefficient (Wildman–Crippen LogP) is 2.33. The van der Waals surface area contributed by atoms with Crippen LogP contribution in [0.2, 0.25) is 0 Å². The maximum Gasteiger partial charge on any atom is 0.410 e. The SMILES string of the molecule is CC(C)(C)OC(=O)N1CCC(CCl)(C(=O)O)CC1. The maximum absolute atomic E-state index is 11.8. The number of carbonyl (C=O) groups is 2. The van der Waals surface area contributed by atoms with Crippen LogP contribution in [0.15, 0.2) is 0 Å². The first kappa shape index (κ1) is 15.1. The van der Waals surface area contributed by atoms with Crippen molar-refractivity contribution in [2.75, 3.05) is 19.0 Å². The van der Waals surface area contributed by atoms with Gasteiger partial charge in [0.1, 0.15) is 5.60 Å². The van der Waals surface area contributed by atoms with E-state index in [0.717, 1.165) is 0 Å². The summed E-state index contributed by atoms with van der Waals surface area (Å²) in [4.78, 5) is 24.5. The van der Waals surface area contributed by atoms with E-state index in [2.05, 4.69) is 0 Å². The molecule has 18 heavy (non-hydrogen) atoms. The van der Waals surface area contributed by atoms with Crippen molar-refractivity contribution in [3.05, 3.63) is 0 Å². The van der Waals surface area contributed by atoms with Crippen LogP contribution in [0.25, 0.3) is 0 Å². The molecule has 0 aliphatic carbocycles. The smallest absolute Gasteiger partial charge is 0.410 e. The molecule has 0 unspecified atom stereocenters. The number of halogens is 1. The number of carbonyl (C=O) groups excluding carboxylic acids is 1. The van der Waals surface area contributed by atoms with Gasteiger partial charge in [0.05, 0.1) is 5.41 Å². The van der Waals surface area contributed by atoms with E-state index < -0.39 is 23.1 Å². The van der Waals surface area contributed by atoms with E-state index in [1.165, 1.54) is 0 Å². The van der Waals surface area contributed by atoms with Gasteiger partial charge in [0.15, 0.2) is 0 Å². The Morgan fingerprint density at radius 3 is 2.17 bits per heavy atom. The summed E-state index contributed by atoms with van der Waals surface area (Å²) in [5.74, 6) is -0.814. The number of rotatable bonds is 2. The topological polar surface area (TPSA) is 66.8 Å². The van der Waals surface area contributed by atoms with Gasteiger partial charge in [-0.1, -0.05) is 0 Å². The highest BCUT2D eigenvalue weighted by atomic mass is 35.5. The van der Waals surface area contributed by atoms with Crippen LogP contribution in [-0.4, -0.2) is 46.6 Å². The number of carboxylic acids is 1. The van der Waals surface area contributed by atoms with Crippen molar-refractivity contribution >= 4 is 23.7 Å². The fraction of sp³-hybridized carbons (Fsp3) is 0.833. The van der Waals surface area contributed by atoms with Gasteiger partial charge in [0.25, 0.3) is 0 Å². The summed E-state index contributed by atoms with van der Waals surface area (Å²) in [6, 6.07) is 0. The lowest BCUT2D eigenvalue weighted by atomic mass is 9.80. The number of likely N-dealkylation sites (tertiary alicyclic amines) is 1. The highest BCUT2D eigenvalue weighted by Gasteiger charge is 2.42. The molecular weight excluding hydrogens is 258 g/mol. The molecule has 0 aromatic heterocycles. The highest BCUT2D eigenvalue weighted by Crippen LogP contribution is 2.33. The van der Waals surface area contributed by atoms with Gasteiger partial charge in [0, 0.05) is 19.0 Å². The van der Waals surface area contributed by atoms with Crippen molar-refractivity contribution in [3.63, 3.8) is 0 Å². The van der Waals surface area contributed by atoms with Crippen LogP contribution >= 0.6 is 11.6 Å². The summed E-state index contributed by atoms with van der Waals surface area (Å²) in [6.07, 6.45) is 0.340. The average molecular weight is 278 g/mol. The number of piperidine rings is 1. The van der Waals surface area contributed by atoms with Crippen molar-refractivity contribution in [3.8, 4) is 0 Å². The van der Waals surface area contributed by atoms with E-state index in [0.29, 0.717) is 25.9 Å². The fourth-order valence-corrected chi connectivity index (χ4v) is 2.23. The highest BCUT2D eigenvalue weighted by molar-refractivity contribution is 6.19. The van der Waals surface area contributed by atoms with Crippen molar-refractivity contribution in [1.29, 1.82) is 0 Å². The number of alkyl halides is 1. The normalized spacial score (nSPS) is 19.4. The molecule has 0 saturated carbocycles. The molecule has 6 heteroatoms. The first-order chi connectivity index (χ1) is 8.20. The third kappa shape index (κ3) is 3.51. The molecule has 0 aromatic rings. The predicted molar refractivity (Wildman–Crippen MR) is 67.8 cm³/mol. The summed E-state index contributed by atoms with van der Waals surface area (Å²) >= 11 is 5.75. The van der Waals surface area contributed by atoms with Gasteiger partial charge in [-0.05, 0) is 33.6 Å². The first-order valence-corrected chi connectivity index (χ1v) is 6.51. The summed E-state index contributed by atoms with van der Waals surface area (Å²) in [5, 5.41) is 9.18. The van der Waals surface area contributed by atoms with E-state index in [1.54, 1.807) is 25.7 Å². The molecular formula is C12H20ClNO4. The van der Waals surface area contributed by atoms with E-state index in [4.69, 9.17) is 16.3 Å². The molecule has 0 spiro atoms. The minimum Gasteiger partial charge on any atom is -0.481 e. The molecule has 0 bridgehead atoms. The molecule has 1 heterocycles. The fourth-order valence-electron chi connectivity index (χ4n) is 1.85. The van der Waals surface area contributed by atoms with Crippen molar-refractivity contribution < 1.29 is 19.4 Å². The van der Waals surface area contributed by atoms with E-state index in [1.807, 2.05) is 0 Å². The van der Waals surface area contributed by atoms with Crippen molar-refractivity contribution in [2.45, 2.75) is 39.2 Å². The van der Waals surface area contributed by atoms with Crippen LogP contribution in [-0.2, 0) is 9.53 Å². The zero-order valence-corrected chi connectivity index (χ0v) is 11.8. The molecule has 1 amide bonds. The molecule has 1 N–H and O–H groups in total. The number of aliphatic carboxylic acids is 1. The Hall–Kier alpha value is -0.970. The lowest BCUT2D eigenvalue weighted by Crippen LogP contribution is -2.48. The molecule has 0 atom stereocenters. The zero-order chi connectivity index (χ0) is 14.0. The zero-order valence-electron chi connectivity index (χ0n) is 11.0. The monoisotopic (exact) mass is 277 g/mol. The lowest BCUT2D eigenvalue weighted by molar-refractivity contribution is -0.150. The average Bonchev–Trinajstić information content (AvgIpc) is 2.26. The first-order valence-electron chi connectivity index (χ1n) is 5.97. The number of amides is 1. The molecule has 5 nitrogen and oxygen atoms in total. The van der Waals surface area contributed by atoms with Crippen LogP contribution in [0.1, 0.15) is 33.6 Å². The van der Waals surface area contributed by atoms with Gasteiger partial charge < -0.3 is 14.7 Å². The molecule has 1 aliphatic heterocycles. The van der Waals surface area contributed by atoms with Gasteiger partial charge in [-0.25, -0.2) is 4.79 Å². The maximum atomic E-state index is 11.8. The van der Waals surface area contributed by atoms with Gasteiger partial charge in [-0.15, -0.1) is 11.6 Å². The molecule has 104 valence electrons. The minimum atomic E-state index is -0.903. The summed E-state index contributed by atoms with van der Waals surface area (Å²) in [7, 11) is 0. The van der Waals surface area contributed by atoms with Crippen molar-refractivity contribution in [1.82, 2.24) is 4.90 Å². The Morgan fingerprint density at radius 2 is 1.83 bits per heavy atom. The molecule has 1 rings (SSSR count). The number of hydrogen-bond donors (Lipinski definition) is 1. The third-order valence-electron chi connectivity index (χ3n) is 3.08. The Bertz CT molecular complexity index is 329. The Labute approximate surface area is 112 Å². The Morgan fingerprint density at radius 1 is 1.33 bits per heavy atom. The van der Waals surface area contributed by atoms with Crippen molar-refractivity contribution in [2.24, 2.45) is 5.41 Å². The second-order valence-corrected chi connectivity index (χ2v) is 5.95. The lowest BCUT2D eigenvalue weighted by Gasteiger charge is -2.38. The van der Waals surface area contributed by atoms with Crippen LogP contribution in [0.4, 0.5) is 4.79 Å². The molecule has 0 radical (unpaired) electrons. The standard InChI is InChI=1S/C12H20ClNO4/c1-11(2,3)18-10(17)14-6-4-12(8-13,5-7-14)9(15)16/h4-8H2,1-3H3,(H,15,16). The van der Waals surface area contributed by atoms with Crippen LogP contribution < -0.4 is 0 Å². The Balaban J connectivity index is 2.58. The quantitative estimate of drug-likeness (QED) is 0.787. The Kier molecular flexibility index (Phi) is 4.48. The number of nitrogens with zero attached hydrogens (tertiary/aromatic N) is 1. The van der Waals surface area contributed by atoms with Crippen LogP contribution in [0, 0.1) is 5.41 Å². The molecule has 0 aromatic carbocycles.